The highest BCUT2D eigenvalue weighted by atomic mass is 32.1. The van der Waals surface area contributed by atoms with E-state index in [-0.39, 0.29) is 0 Å². The van der Waals surface area contributed by atoms with E-state index in [0.29, 0.717) is 6.42 Å². The van der Waals surface area contributed by atoms with Crippen LogP contribution in [0.15, 0.2) is 41.8 Å². The van der Waals surface area contributed by atoms with Gasteiger partial charge in [-0.3, -0.25) is 0 Å². The molecule has 17 heavy (non-hydrogen) atoms. The Labute approximate surface area is 106 Å². The van der Waals surface area contributed by atoms with E-state index in [1.165, 1.54) is 16.0 Å². The molecule has 3 heteroatoms. The van der Waals surface area contributed by atoms with Gasteiger partial charge in [-0.1, -0.05) is 30.3 Å². The van der Waals surface area contributed by atoms with Gasteiger partial charge in [0, 0.05) is 24.4 Å². The first-order chi connectivity index (χ1) is 8.40. The van der Waals surface area contributed by atoms with Gasteiger partial charge in [0.1, 0.15) is 0 Å². The van der Waals surface area contributed by atoms with Gasteiger partial charge in [-0.05, 0) is 22.6 Å². The van der Waals surface area contributed by atoms with Gasteiger partial charge in [0.25, 0.3) is 0 Å². The molecule has 0 saturated carbocycles. The second-order valence-electron chi connectivity index (χ2n) is 3.75. The fourth-order valence-electron chi connectivity index (χ4n) is 1.61. The van der Waals surface area contributed by atoms with Gasteiger partial charge in [0.2, 0.25) is 0 Å². The molecule has 2 rings (SSSR count). The second-order valence-corrected chi connectivity index (χ2v) is 4.75. The van der Waals surface area contributed by atoms with Crippen molar-refractivity contribution in [2.75, 3.05) is 6.54 Å². The number of nitrogens with zero attached hydrogens (tertiary/aromatic N) is 1. The fourth-order valence-corrected chi connectivity index (χ4v) is 2.47. The molecule has 0 aliphatic carbocycles. The zero-order chi connectivity index (χ0) is 11.9. The lowest BCUT2D eigenvalue weighted by Crippen LogP contribution is -2.13. The van der Waals surface area contributed by atoms with Crippen molar-refractivity contribution in [2.24, 2.45) is 0 Å². The van der Waals surface area contributed by atoms with Crippen molar-refractivity contribution in [1.29, 1.82) is 5.26 Å². The predicted molar refractivity (Wildman–Crippen MR) is 71.7 cm³/mol. The maximum atomic E-state index is 8.43. The molecule has 0 fully saturated rings. The number of thiophene rings is 1. The summed E-state index contributed by atoms with van der Waals surface area (Å²) in [4.78, 5) is 1.31. The monoisotopic (exact) mass is 242 g/mol. The van der Waals surface area contributed by atoms with E-state index in [1.54, 1.807) is 11.3 Å². The number of hydrogen-bond donors (Lipinski definition) is 1. The molecule has 1 N–H and O–H groups in total. The topological polar surface area (TPSA) is 35.8 Å². The van der Waals surface area contributed by atoms with Crippen LogP contribution in [0.5, 0.6) is 0 Å². The molecule has 0 unspecified atom stereocenters. The van der Waals surface area contributed by atoms with Crippen molar-refractivity contribution in [1.82, 2.24) is 5.32 Å². The zero-order valence-corrected chi connectivity index (χ0v) is 10.3. The van der Waals surface area contributed by atoms with Crippen LogP contribution >= 0.6 is 11.3 Å². The Bertz CT molecular complexity index is 496. The van der Waals surface area contributed by atoms with Crippen LogP contribution in [-0.4, -0.2) is 6.54 Å². The van der Waals surface area contributed by atoms with E-state index in [4.69, 9.17) is 5.26 Å². The van der Waals surface area contributed by atoms with E-state index < -0.39 is 0 Å². The molecule has 0 aliphatic heterocycles. The summed E-state index contributed by atoms with van der Waals surface area (Å²) in [6.07, 6.45) is 0.566. The summed E-state index contributed by atoms with van der Waals surface area (Å²) < 4.78 is 0. The summed E-state index contributed by atoms with van der Waals surface area (Å²) in [5.41, 5.74) is 2.53. The van der Waals surface area contributed by atoms with Crippen LogP contribution in [0.2, 0.25) is 0 Å². The molecule has 0 radical (unpaired) electrons. The van der Waals surface area contributed by atoms with Crippen LogP contribution in [-0.2, 0) is 6.54 Å². The van der Waals surface area contributed by atoms with E-state index in [9.17, 15) is 0 Å². The molecule has 0 amide bonds. The summed E-state index contributed by atoms with van der Waals surface area (Å²) in [6.45, 7) is 1.61. The molecule has 0 saturated heterocycles. The highest BCUT2D eigenvalue weighted by Crippen LogP contribution is 2.25. The molecule has 86 valence electrons. The summed E-state index contributed by atoms with van der Waals surface area (Å²) in [6, 6.07) is 14.7. The van der Waals surface area contributed by atoms with Gasteiger partial charge < -0.3 is 5.32 Å². The Balaban J connectivity index is 1.95. The van der Waals surface area contributed by atoms with E-state index in [2.05, 4.69) is 47.1 Å². The summed E-state index contributed by atoms with van der Waals surface area (Å²) >= 11 is 1.76. The van der Waals surface area contributed by atoms with Crippen molar-refractivity contribution < 1.29 is 0 Å². The van der Waals surface area contributed by atoms with Gasteiger partial charge in [-0.2, -0.15) is 5.26 Å². The Morgan fingerprint density at radius 3 is 2.76 bits per heavy atom. The molecule has 2 nitrogen and oxygen atoms in total. The van der Waals surface area contributed by atoms with E-state index in [0.717, 1.165) is 13.1 Å². The third-order valence-corrected chi connectivity index (χ3v) is 3.41. The smallest absolute Gasteiger partial charge is 0.0635 e. The van der Waals surface area contributed by atoms with Crippen molar-refractivity contribution in [3.05, 3.63) is 46.7 Å². The minimum absolute atomic E-state index is 0.566. The average Bonchev–Trinajstić information content (AvgIpc) is 2.85. The highest BCUT2D eigenvalue weighted by molar-refractivity contribution is 7.10. The SMILES string of the molecule is N#CCCNCc1cc(-c2ccccc2)cs1. The Morgan fingerprint density at radius 1 is 1.18 bits per heavy atom. The van der Waals surface area contributed by atoms with E-state index >= 15 is 0 Å². The Hall–Kier alpha value is -1.63. The van der Waals surface area contributed by atoms with Crippen molar-refractivity contribution in [2.45, 2.75) is 13.0 Å². The summed E-state index contributed by atoms with van der Waals surface area (Å²) in [5.74, 6) is 0. The number of hydrogen-bond acceptors (Lipinski definition) is 3. The maximum Gasteiger partial charge on any atom is 0.0635 e. The zero-order valence-electron chi connectivity index (χ0n) is 9.52. The van der Waals surface area contributed by atoms with Gasteiger partial charge in [0.15, 0.2) is 0 Å². The van der Waals surface area contributed by atoms with Crippen molar-refractivity contribution >= 4 is 11.3 Å². The number of nitriles is 1. The standard InChI is InChI=1S/C14H14N2S/c15-7-4-8-16-10-14-9-13(11-17-14)12-5-2-1-3-6-12/h1-3,5-6,9,11,16H,4,8,10H2. The van der Waals surface area contributed by atoms with E-state index in [1.807, 2.05) is 6.07 Å². The van der Waals surface area contributed by atoms with Gasteiger partial charge >= 0.3 is 0 Å². The molecule has 0 spiro atoms. The van der Waals surface area contributed by atoms with Crippen molar-refractivity contribution in [3.8, 4) is 17.2 Å². The summed E-state index contributed by atoms with van der Waals surface area (Å²) in [5, 5.41) is 13.9. The number of benzene rings is 1. The maximum absolute atomic E-state index is 8.43. The lowest BCUT2D eigenvalue weighted by molar-refractivity contribution is 0.706. The molecular formula is C14H14N2S. The molecule has 1 heterocycles. The average molecular weight is 242 g/mol. The second kappa shape index (κ2) is 6.19. The molecule has 0 bridgehead atoms. The minimum atomic E-state index is 0.566. The van der Waals surface area contributed by atoms with Crippen molar-refractivity contribution in [3.63, 3.8) is 0 Å². The molecule has 0 atom stereocenters. The first-order valence-electron chi connectivity index (χ1n) is 5.60. The van der Waals surface area contributed by atoms with Crippen LogP contribution in [0.3, 0.4) is 0 Å². The third-order valence-electron chi connectivity index (χ3n) is 2.47. The lowest BCUT2D eigenvalue weighted by atomic mass is 10.1. The first-order valence-corrected chi connectivity index (χ1v) is 6.48. The van der Waals surface area contributed by atoms with Gasteiger partial charge in [-0.15, -0.1) is 11.3 Å². The number of nitrogens with one attached hydrogen (secondary N) is 1. The molecule has 0 aliphatic rings. The molecule has 1 aromatic carbocycles. The molecular weight excluding hydrogens is 228 g/mol. The highest BCUT2D eigenvalue weighted by Gasteiger charge is 2.01. The molecule has 2 aromatic rings. The fraction of sp³-hybridized carbons (Fsp3) is 0.214. The number of rotatable bonds is 5. The van der Waals surface area contributed by atoms with Crippen LogP contribution < -0.4 is 5.32 Å². The Kier molecular flexibility index (Phi) is 4.31. The third kappa shape index (κ3) is 3.42. The van der Waals surface area contributed by atoms with Gasteiger partial charge in [-0.25, -0.2) is 0 Å². The lowest BCUT2D eigenvalue weighted by Gasteiger charge is -1.98. The minimum Gasteiger partial charge on any atom is -0.311 e. The van der Waals surface area contributed by atoms with Crippen LogP contribution in [0.25, 0.3) is 11.1 Å². The first kappa shape index (κ1) is 11.8. The quantitative estimate of drug-likeness (QED) is 0.815. The normalized spacial score (nSPS) is 10.1. The van der Waals surface area contributed by atoms with Crippen LogP contribution in [0.4, 0.5) is 0 Å². The van der Waals surface area contributed by atoms with Crippen LogP contribution in [0.1, 0.15) is 11.3 Å². The largest absolute Gasteiger partial charge is 0.311 e. The summed E-state index contributed by atoms with van der Waals surface area (Å²) in [7, 11) is 0. The Morgan fingerprint density at radius 2 is 2.00 bits per heavy atom. The predicted octanol–water partition coefficient (Wildman–Crippen LogP) is 3.42. The van der Waals surface area contributed by atoms with Gasteiger partial charge in [0.05, 0.1) is 6.07 Å². The van der Waals surface area contributed by atoms with Crippen LogP contribution in [0, 0.1) is 11.3 Å². The molecule has 1 aromatic heterocycles.